The highest BCUT2D eigenvalue weighted by atomic mass is 32.2. The van der Waals surface area contributed by atoms with E-state index in [-0.39, 0.29) is 13.2 Å². The van der Waals surface area contributed by atoms with Gasteiger partial charge in [0.1, 0.15) is 0 Å². The smallest absolute Gasteiger partial charge is 0.269 e. The Morgan fingerprint density at radius 1 is 1.23 bits per heavy atom. The molecule has 0 spiro atoms. The summed E-state index contributed by atoms with van der Waals surface area (Å²) in [5.74, 6) is 0. The van der Waals surface area contributed by atoms with Crippen LogP contribution in [0, 0.1) is 0 Å². The predicted octanol–water partition coefficient (Wildman–Crippen LogP) is 0.904. The van der Waals surface area contributed by atoms with Crippen LogP contribution in [-0.2, 0) is 14.3 Å². The molecular formula is C8H18O4S. The van der Waals surface area contributed by atoms with Gasteiger partial charge in [-0.2, -0.15) is 8.42 Å². The highest BCUT2D eigenvalue weighted by molar-refractivity contribution is 7.87. The van der Waals surface area contributed by atoms with E-state index in [2.05, 4.69) is 0 Å². The summed E-state index contributed by atoms with van der Waals surface area (Å²) in [6, 6.07) is 0. The number of hydrogen-bond acceptors (Lipinski definition) is 4. The molecule has 0 aliphatic heterocycles. The molecule has 0 heterocycles. The fourth-order valence-electron chi connectivity index (χ4n) is 0.702. The van der Waals surface area contributed by atoms with Crippen LogP contribution in [0.3, 0.4) is 0 Å². The number of unbranched alkanes of at least 4 members (excludes halogenated alkanes) is 2. The van der Waals surface area contributed by atoms with Gasteiger partial charge >= 0.3 is 0 Å². The lowest BCUT2D eigenvalue weighted by Crippen LogP contribution is -2.17. The van der Waals surface area contributed by atoms with Gasteiger partial charge in [0.05, 0.1) is 11.9 Å². The number of aliphatic hydroxyl groups is 1. The average molecular weight is 210 g/mol. The van der Waals surface area contributed by atoms with Crippen molar-refractivity contribution in [2.45, 2.75) is 38.4 Å². The quantitative estimate of drug-likeness (QED) is 0.501. The van der Waals surface area contributed by atoms with Crippen molar-refractivity contribution in [1.29, 1.82) is 0 Å². The maximum Gasteiger partial charge on any atom is 0.269 e. The lowest BCUT2D eigenvalue weighted by Gasteiger charge is -2.07. The van der Waals surface area contributed by atoms with Crippen molar-refractivity contribution in [2.75, 3.05) is 13.2 Å². The third-order valence-electron chi connectivity index (χ3n) is 1.63. The fraction of sp³-hybridized carbons (Fsp3) is 1.00. The van der Waals surface area contributed by atoms with Crippen LogP contribution in [-0.4, -0.2) is 32.0 Å². The summed E-state index contributed by atoms with van der Waals surface area (Å²) in [4.78, 5) is 0. The van der Waals surface area contributed by atoms with E-state index < -0.39 is 15.4 Å². The van der Waals surface area contributed by atoms with Crippen LogP contribution in [0.4, 0.5) is 0 Å². The Kier molecular flexibility index (Phi) is 6.28. The van der Waals surface area contributed by atoms with Crippen LogP contribution in [0.25, 0.3) is 0 Å². The molecule has 0 saturated carbocycles. The summed E-state index contributed by atoms with van der Waals surface area (Å²) in [6.45, 7) is 3.55. The maximum atomic E-state index is 11.1. The van der Waals surface area contributed by atoms with Crippen molar-refractivity contribution in [2.24, 2.45) is 0 Å². The van der Waals surface area contributed by atoms with Crippen LogP contribution in [0.2, 0.25) is 0 Å². The molecule has 0 aromatic carbocycles. The van der Waals surface area contributed by atoms with E-state index in [0.29, 0.717) is 12.8 Å². The van der Waals surface area contributed by atoms with E-state index in [9.17, 15) is 8.42 Å². The van der Waals surface area contributed by atoms with Gasteiger partial charge in [-0.3, -0.25) is 4.18 Å². The van der Waals surface area contributed by atoms with Crippen molar-refractivity contribution in [3.05, 3.63) is 0 Å². The molecule has 0 bridgehead atoms. The molecule has 1 N–H and O–H groups in total. The minimum Gasteiger partial charge on any atom is -0.396 e. The molecule has 0 saturated heterocycles. The lowest BCUT2D eigenvalue weighted by atomic mass is 10.2. The molecule has 13 heavy (non-hydrogen) atoms. The summed E-state index contributed by atoms with van der Waals surface area (Å²) in [5, 5.41) is 7.97. The number of rotatable bonds is 7. The number of hydrogen-bond donors (Lipinski definition) is 1. The normalized spacial score (nSPS) is 12.3. The van der Waals surface area contributed by atoms with Gasteiger partial charge in [0, 0.05) is 6.61 Å². The molecule has 0 atom stereocenters. The van der Waals surface area contributed by atoms with Crippen molar-refractivity contribution >= 4 is 10.1 Å². The van der Waals surface area contributed by atoms with Gasteiger partial charge in [0.15, 0.2) is 0 Å². The molecule has 0 amide bonds. The highest BCUT2D eigenvalue weighted by Crippen LogP contribution is 2.04. The average Bonchev–Trinajstić information content (AvgIpc) is 2.03. The van der Waals surface area contributed by atoms with Crippen molar-refractivity contribution in [3.8, 4) is 0 Å². The van der Waals surface area contributed by atoms with E-state index in [0.717, 1.165) is 6.42 Å². The van der Waals surface area contributed by atoms with E-state index in [1.807, 2.05) is 0 Å². The molecule has 0 aliphatic rings. The molecule has 0 unspecified atom stereocenters. The number of aliphatic hydroxyl groups excluding tert-OH is 1. The van der Waals surface area contributed by atoms with E-state index >= 15 is 0 Å². The summed E-state index contributed by atoms with van der Waals surface area (Å²) in [7, 11) is -3.35. The Balaban J connectivity index is 3.53. The van der Waals surface area contributed by atoms with E-state index in [4.69, 9.17) is 9.29 Å². The van der Waals surface area contributed by atoms with Crippen LogP contribution in [0.15, 0.2) is 0 Å². The Bertz CT molecular complexity index is 208. The molecule has 0 aliphatic carbocycles. The Hall–Kier alpha value is -0.130. The minimum absolute atomic E-state index is 0.150. The van der Waals surface area contributed by atoms with Gasteiger partial charge in [-0.1, -0.05) is 0 Å². The van der Waals surface area contributed by atoms with Crippen LogP contribution >= 0.6 is 0 Å². The first-order valence-electron chi connectivity index (χ1n) is 4.50. The highest BCUT2D eigenvalue weighted by Gasteiger charge is 2.15. The maximum absolute atomic E-state index is 11.1. The molecular weight excluding hydrogens is 192 g/mol. The predicted molar refractivity (Wildman–Crippen MR) is 50.9 cm³/mol. The van der Waals surface area contributed by atoms with E-state index in [1.165, 1.54) is 0 Å². The molecule has 0 aromatic heterocycles. The van der Waals surface area contributed by atoms with Gasteiger partial charge in [0.2, 0.25) is 0 Å². The molecule has 0 aromatic rings. The first kappa shape index (κ1) is 12.9. The molecule has 5 heteroatoms. The van der Waals surface area contributed by atoms with Crippen LogP contribution in [0.1, 0.15) is 33.1 Å². The molecule has 4 nitrogen and oxygen atoms in total. The second-order valence-electron chi connectivity index (χ2n) is 3.15. The molecule has 80 valence electrons. The standard InChI is InChI=1S/C8H18O4S/c1-8(2)13(10,11)12-7-5-3-4-6-9/h8-9H,3-7H2,1-2H3. The van der Waals surface area contributed by atoms with Gasteiger partial charge in [-0.05, 0) is 33.1 Å². The summed E-state index contributed by atoms with van der Waals surface area (Å²) in [6.07, 6.45) is 2.17. The topological polar surface area (TPSA) is 63.6 Å². The summed E-state index contributed by atoms with van der Waals surface area (Å²) in [5.41, 5.74) is 0. The Labute approximate surface area is 80.0 Å². The van der Waals surface area contributed by atoms with Gasteiger partial charge < -0.3 is 5.11 Å². The van der Waals surface area contributed by atoms with Crippen LogP contribution in [0.5, 0.6) is 0 Å². The molecule has 0 radical (unpaired) electrons. The van der Waals surface area contributed by atoms with Gasteiger partial charge in [-0.15, -0.1) is 0 Å². The summed E-state index contributed by atoms with van der Waals surface area (Å²) < 4.78 is 26.9. The second-order valence-corrected chi connectivity index (χ2v) is 5.31. The zero-order valence-electron chi connectivity index (χ0n) is 8.19. The first-order chi connectivity index (χ1) is 6.00. The molecule has 0 rings (SSSR count). The first-order valence-corrected chi connectivity index (χ1v) is 5.97. The Morgan fingerprint density at radius 3 is 2.31 bits per heavy atom. The Morgan fingerprint density at radius 2 is 1.85 bits per heavy atom. The zero-order valence-corrected chi connectivity index (χ0v) is 9.01. The van der Waals surface area contributed by atoms with Gasteiger partial charge in [0.25, 0.3) is 10.1 Å². The van der Waals surface area contributed by atoms with Gasteiger partial charge in [-0.25, -0.2) is 0 Å². The fourth-order valence-corrected chi connectivity index (χ4v) is 1.32. The molecule has 0 fully saturated rings. The van der Waals surface area contributed by atoms with Crippen molar-refractivity contribution < 1.29 is 17.7 Å². The van der Waals surface area contributed by atoms with Crippen molar-refractivity contribution in [3.63, 3.8) is 0 Å². The summed E-state index contributed by atoms with van der Waals surface area (Å²) >= 11 is 0. The SMILES string of the molecule is CC(C)S(=O)(=O)OCCCCCO. The zero-order chi connectivity index (χ0) is 10.3. The minimum atomic E-state index is -3.35. The monoisotopic (exact) mass is 210 g/mol. The van der Waals surface area contributed by atoms with E-state index in [1.54, 1.807) is 13.8 Å². The lowest BCUT2D eigenvalue weighted by molar-refractivity contribution is 0.267. The van der Waals surface area contributed by atoms with Crippen LogP contribution < -0.4 is 0 Å². The largest absolute Gasteiger partial charge is 0.396 e. The second kappa shape index (κ2) is 6.34. The third-order valence-corrected chi connectivity index (χ3v) is 3.28. The third kappa shape index (κ3) is 6.01. The van der Waals surface area contributed by atoms with Crippen molar-refractivity contribution in [1.82, 2.24) is 0 Å².